The zero-order chi connectivity index (χ0) is 58.9. The van der Waals surface area contributed by atoms with E-state index >= 15 is 28.8 Å². The second-order valence-electron chi connectivity index (χ2n) is 22.5. The fourth-order valence-corrected chi connectivity index (χ4v) is 14.0. The largest absolute Gasteiger partial charge is 0.289 e. The molecule has 0 unspecified atom stereocenters. The Morgan fingerprint density at radius 1 is 0.165 bits per heavy atom. The maximum atomic E-state index is 15.5. The second-order valence-corrected chi connectivity index (χ2v) is 22.5. The standard InChI is InChI=1S/C75H42O10/c1-33-22-27-42-53(32-33)67(77)45-18-8-14-38(58(45)68(42)78)39-15-9-19-46-59(39)70(80)50-29-23-34(2)54(62(50)73(46)83)43-16-10-20-47-60(43)71(81)51-30-24-35(3)55(63(51)74(47)84)44-17-11-21-48-61(44)72(82)52-31-26-37(5)57(65(52)75(48)85)56-36(4)25-28-49-64(56)69(79)41-13-7-6-12-40(41)66(49)76/h6-32H,1-5H3. The molecule has 10 nitrogen and oxygen atoms in total. The quantitative estimate of drug-likeness (QED) is 0.165. The number of carbonyl (C=O) groups is 10. The van der Waals surface area contributed by atoms with Crippen molar-refractivity contribution in [1.82, 2.24) is 0 Å². The van der Waals surface area contributed by atoms with Gasteiger partial charge in [-0.3, -0.25) is 47.9 Å². The van der Waals surface area contributed by atoms with Crippen LogP contribution in [0.3, 0.4) is 0 Å². The Hall–Kier alpha value is -11.1. The summed E-state index contributed by atoms with van der Waals surface area (Å²) in [6, 6.07) is 44.3. The van der Waals surface area contributed by atoms with E-state index < -0.39 is 34.7 Å². The van der Waals surface area contributed by atoms with Gasteiger partial charge in [-0.25, -0.2) is 0 Å². The lowest BCUT2D eigenvalue weighted by Gasteiger charge is -2.29. The van der Waals surface area contributed by atoms with Crippen LogP contribution in [0.2, 0.25) is 0 Å². The van der Waals surface area contributed by atoms with Crippen LogP contribution in [-0.4, -0.2) is 57.8 Å². The molecule has 0 aliphatic heterocycles. The molecule has 10 aromatic rings. The van der Waals surface area contributed by atoms with Crippen molar-refractivity contribution < 1.29 is 47.9 Å². The molecular weight excluding hydrogens is 1060 g/mol. The van der Waals surface area contributed by atoms with Gasteiger partial charge in [0.1, 0.15) is 0 Å². The van der Waals surface area contributed by atoms with Gasteiger partial charge in [0.15, 0.2) is 57.8 Å². The van der Waals surface area contributed by atoms with Crippen molar-refractivity contribution >= 4 is 57.8 Å². The molecule has 0 heterocycles. The van der Waals surface area contributed by atoms with Crippen molar-refractivity contribution in [3.63, 3.8) is 0 Å². The Morgan fingerprint density at radius 2 is 0.400 bits per heavy atom. The van der Waals surface area contributed by atoms with E-state index in [2.05, 4.69) is 0 Å². The van der Waals surface area contributed by atoms with Crippen molar-refractivity contribution in [2.75, 3.05) is 0 Å². The van der Waals surface area contributed by atoms with E-state index in [1.54, 1.807) is 185 Å². The molecule has 0 N–H and O–H groups in total. The molecule has 0 bridgehead atoms. The van der Waals surface area contributed by atoms with Gasteiger partial charge in [-0.2, -0.15) is 0 Å². The molecule has 402 valence electrons. The van der Waals surface area contributed by atoms with Crippen LogP contribution in [0.4, 0.5) is 0 Å². The molecule has 0 aromatic heterocycles. The SMILES string of the molecule is Cc1ccc2c(c1)C(=O)c1cccc(-c3cccc4c3C(=O)c3ccc(C)c(-c5cccc6c5C(=O)c5ccc(C)c(-c7cccc8c7C(=O)c7ccc(C)c(-c9c(C)ccc%10c9C(=O)c9ccccc9C%10=O)c7C8=O)c5C6=O)c3C4=O)c1C2=O. The summed E-state index contributed by atoms with van der Waals surface area (Å²) in [5.41, 5.74) is 7.85. The number of rotatable bonds is 4. The van der Waals surface area contributed by atoms with E-state index in [0.717, 1.165) is 5.56 Å². The lowest BCUT2D eigenvalue weighted by molar-refractivity contribution is 0.0977. The molecule has 0 amide bonds. The molecule has 85 heavy (non-hydrogen) atoms. The molecule has 5 aliphatic carbocycles. The predicted molar refractivity (Wildman–Crippen MR) is 318 cm³/mol. The highest BCUT2D eigenvalue weighted by atomic mass is 16.2. The first-order chi connectivity index (χ1) is 41.0. The van der Waals surface area contributed by atoms with Gasteiger partial charge in [-0.1, -0.05) is 139 Å². The molecular formula is C75H42O10. The Morgan fingerprint density at radius 3 is 0.824 bits per heavy atom. The van der Waals surface area contributed by atoms with Crippen molar-refractivity contribution in [3.05, 3.63) is 303 Å². The summed E-state index contributed by atoms with van der Waals surface area (Å²) in [6.45, 7) is 8.95. The summed E-state index contributed by atoms with van der Waals surface area (Å²) < 4.78 is 0. The van der Waals surface area contributed by atoms with Crippen LogP contribution in [0, 0.1) is 34.6 Å². The normalized spacial score (nSPS) is 14.2. The highest BCUT2D eigenvalue weighted by Gasteiger charge is 2.43. The molecule has 10 heteroatoms. The summed E-state index contributed by atoms with van der Waals surface area (Å²) >= 11 is 0. The molecule has 0 fully saturated rings. The molecule has 0 saturated carbocycles. The minimum Gasteiger partial charge on any atom is -0.289 e. The summed E-state index contributed by atoms with van der Waals surface area (Å²) in [4.78, 5) is 149. The monoisotopic (exact) mass is 1100 g/mol. The molecule has 0 saturated heterocycles. The van der Waals surface area contributed by atoms with Gasteiger partial charge in [0.25, 0.3) is 0 Å². The van der Waals surface area contributed by atoms with Gasteiger partial charge in [-0.15, -0.1) is 0 Å². The third-order valence-electron chi connectivity index (χ3n) is 17.8. The van der Waals surface area contributed by atoms with Gasteiger partial charge < -0.3 is 0 Å². The molecule has 10 aromatic carbocycles. The number of carbonyl (C=O) groups excluding carboxylic acids is 10. The summed E-state index contributed by atoms with van der Waals surface area (Å²) in [6.07, 6.45) is 0. The van der Waals surface area contributed by atoms with Crippen molar-refractivity contribution in [2.24, 2.45) is 0 Å². The molecule has 0 radical (unpaired) electrons. The Labute approximate surface area is 485 Å². The number of benzene rings is 10. The van der Waals surface area contributed by atoms with Crippen LogP contribution < -0.4 is 0 Å². The Balaban J connectivity index is 0.835. The zero-order valence-electron chi connectivity index (χ0n) is 46.2. The highest BCUT2D eigenvalue weighted by Crippen LogP contribution is 2.49. The van der Waals surface area contributed by atoms with E-state index in [0.29, 0.717) is 50.1 Å². The number of fused-ring (bicyclic) bond motifs is 10. The van der Waals surface area contributed by atoms with Gasteiger partial charge in [0.2, 0.25) is 0 Å². The lowest BCUT2D eigenvalue weighted by Crippen LogP contribution is -2.27. The Bertz CT molecular complexity index is 5080. The second kappa shape index (κ2) is 17.9. The average molecular weight is 1100 g/mol. The van der Waals surface area contributed by atoms with Crippen LogP contribution in [0.25, 0.3) is 44.5 Å². The third-order valence-corrected chi connectivity index (χ3v) is 17.8. The van der Waals surface area contributed by atoms with Crippen LogP contribution in [0.5, 0.6) is 0 Å². The Kier molecular flexibility index (Phi) is 10.7. The van der Waals surface area contributed by atoms with Crippen LogP contribution in [0.1, 0.15) is 187 Å². The fourth-order valence-electron chi connectivity index (χ4n) is 14.0. The number of ketones is 10. The van der Waals surface area contributed by atoms with Crippen LogP contribution >= 0.6 is 0 Å². The van der Waals surface area contributed by atoms with Gasteiger partial charge in [0.05, 0.1) is 0 Å². The minimum absolute atomic E-state index is 0.0147. The number of hydrogen-bond acceptors (Lipinski definition) is 10. The fraction of sp³-hybridized carbons (Fsp3) is 0.0667. The zero-order valence-corrected chi connectivity index (χ0v) is 46.2. The first kappa shape index (κ1) is 50.8. The van der Waals surface area contributed by atoms with Gasteiger partial charge in [0, 0.05) is 111 Å². The smallest absolute Gasteiger partial charge is 0.195 e. The minimum atomic E-state index is -0.546. The summed E-state index contributed by atoms with van der Waals surface area (Å²) in [5, 5.41) is 0. The predicted octanol–water partition coefficient (Wildman–Crippen LogP) is 13.8. The van der Waals surface area contributed by atoms with E-state index in [9.17, 15) is 19.2 Å². The van der Waals surface area contributed by atoms with E-state index in [1.807, 2.05) is 6.92 Å². The summed E-state index contributed by atoms with van der Waals surface area (Å²) in [7, 11) is 0. The summed E-state index contributed by atoms with van der Waals surface area (Å²) in [5.74, 6) is -4.55. The highest BCUT2D eigenvalue weighted by molar-refractivity contribution is 6.38. The molecule has 15 rings (SSSR count). The number of aryl methyl sites for hydroxylation is 5. The van der Waals surface area contributed by atoms with Gasteiger partial charge in [-0.05, 0) is 132 Å². The lowest BCUT2D eigenvalue weighted by atomic mass is 9.71. The van der Waals surface area contributed by atoms with Crippen LogP contribution in [0.15, 0.2) is 164 Å². The maximum absolute atomic E-state index is 15.5. The third kappa shape index (κ3) is 6.76. The molecule has 5 aliphatic rings. The topological polar surface area (TPSA) is 171 Å². The first-order valence-electron chi connectivity index (χ1n) is 27.7. The van der Waals surface area contributed by atoms with Crippen LogP contribution in [-0.2, 0) is 0 Å². The maximum Gasteiger partial charge on any atom is 0.195 e. The first-order valence-corrected chi connectivity index (χ1v) is 27.7. The molecule has 0 spiro atoms. The van der Waals surface area contributed by atoms with Crippen molar-refractivity contribution in [1.29, 1.82) is 0 Å². The molecule has 0 atom stereocenters. The number of hydrogen-bond donors (Lipinski definition) is 0. The van der Waals surface area contributed by atoms with Gasteiger partial charge >= 0.3 is 0 Å². The van der Waals surface area contributed by atoms with Crippen molar-refractivity contribution in [3.8, 4) is 44.5 Å². The van der Waals surface area contributed by atoms with E-state index in [1.165, 1.54) is 6.07 Å². The average Bonchev–Trinajstić information content (AvgIpc) is 2.69. The van der Waals surface area contributed by atoms with Crippen molar-refractivity contribution in [2.45, 2.75) is 34.6 Å². The van der Waals surface area contributed by atoms with E-state index in [4.69, 9.17) is 0 Å². The van der Waals surface area contributed by atoms with E-state index in [-0.39, 0.29) is 151 Å².